The molecule has 0 bridgehead atoms. The minimum Gasteiger partial charge on any atom is -0.335 e. The third-order valence-electron chi connectivity index (χ3n) is 4.34. The Kier molecular flexibility index (Phi) is 6.95. The number of halogens is 1. The van der Waals surface area contributed by atoms with E-state index < -0.39 is 0 Å². The summed E-state index contributed by atoms with van der Waals surface area (Å²) in [6.45, 7) is 5.77. The summed E-state index contributed by atoms with van der Waals surface area (Å²) in [5, 5.41) is 0.787. The quantitative estimate of drug-likeness (QED) is 0.774. The first-order valence-electron chi connectivity index (χ1n) is 8.23. The molecular formula is C19H25ClN2O. The summed E-state index contributed by atoms with van der Waals surface area (Å²) in [4.78, 5) is 16.0. The number of benzene rings is 1. The number of piperidine rings is 1. The van der Waals surface area contributed by atoms with Crippen molar-refractivity contribution in [2.24, 2.45) is 5.92 Å². The summed E-state index contributed by atoms with van der Waals surface area (Å²) in [7, 11) is 1.85. The first-order chi connectivity index (χ1) is 11.1. The molecule has 1 aromatic carbocycles. The molecule has 1 aliphatic rings. The zero-order valence-corrected chi connectivity index (χ0v) is 14.8. The lowest BCUT2D eigenvalue weighted by Gasteiger charge is -2.34. The Balaban J connectivity index is 1.79. The third kappa shape index (κ3) is 5.89. The fourth-order valence-electron chi connectivity index (χ4n) is 3.11. The van der Waals surface area contributed by atoms with Gasteiger partial charge in [0.15, 0.2) is 0 Å². The highest BCUT2D eigenvalue weighted by molar-refractivity contribution is 6.30. The topological polar surface area (TPSA) is 23.6 Å². The average molecular weight is 333 g/mol. The lowest BCUT2D eigenvalue weighted by Crippen LogP contribution is -2.42. The Hall–Kier alpha value is -1.50. The lowest BCUT2D eigenvalue weighted by molar-refractivity contribution is -0.124. The average Bonchev–Trinajstić information content (AvgIpc) is 2.55. The molecule has 0 aliphatic carbocycles. The normalized spacial score (nSPS) is 18.1. The minimum atomic E-state index is -0.0780. The van der Waals surface area contributed by atoms with Gasteiger partial charge < -0.3 is 9.80 Å². The van der Waals surface area contributed by atoms with E-state index in [4.69, 9.17) is 11.6 Å². The molecule has 2 rings (SSSR count). The molecule has 1 heterocycles. The predicted molar refractivity (Wildman–Crippen MR) is 95.4 cm³/mol. The lowest BCUT2D eigenvalue weighted by atomic mass is 9.97. The monoisotopic (exact) mass is 332 g/mol. The van der Waals surface area contributed by atoms with E-state index in [9.17, 15) is 4.79 Å². The van der Waals surface area contributed by atoms with Gasteiger partial charge in [0.25, 0.3) is 5.91 Å². The van der Waals surface area contributed by atoms with E-state index in [0.29, 0.717) is 5.92 Å². The highest BCUT2D eigenvalue weighted by atomic mass is 35.5. The number of nitrogens with zero attached hydrogens (tertiary/aromatic N) is 2. The van der Waals surface area contributed by atoms with Gasteiger partial charge in [0, 0.05) is 31.7 Å². The molecule has 0 radical (unpaired) electrons. The number of hydrogen-bond donors (Lipinski definition) is 0. The molecule has 0 spiro atoms. The molecule has 3 nitrogen and oxygen atoms in total. The molecule has 1 saturated heterocycles. The number of carbonyl (C=O) groups excluding carboxylic acids is 1. The van der Waals surface area contributed by atoms with Crippen LogP contribution in [-0.4, -0.2) is 48.9 Å². The van der Waals surface area contributed by atoms with Crippen LogP contribution in [0.4, 0.5) is 0 Å². The van der Waals surface area contributed by atoms with Gasteiger partial charge in [-0.25, -0.2) is 0 Å². The molecule has 1 aliphatic heterocycles. The van der Waals surface area contributed by atoms with Crippen molar-refractivity contribution >= 4 is 17.5 Å². The van der Waals surface area contributed by atoms with E-state index in [1.54, 1.807) is 11.8 Å². The van der Waals surface area contributed by atoms with Crippen LogP contribution in [0.2, 0.25) is 5.02 Å². The van der Waals surface area contributed by atoms with Gasteiger partial charge in [-0.1, -0.05) is 29.7 Å². The molecule has 124 valence electrons. The first kappa shape index (κ1) is 17.8. The van der Waals surface area contributed by atoms with E-state index >= 15 is 0 Å². The Morgan fingerprint density at radius 1 is 1.39 bits per heavy atom. The van der Waals surface area contributed by atoms with E-state index in [1.807, 2.05) is 19.2 Å². The fourth-order valence-corrected chi connectivity index (χ4v) is 3.24. The smallest absolute Gasteiger partial charge is 0.298 e. The highest BCUT2D eigenvalue weighted by Gasteiger charge is 2.22. The van der Waals surface area contributed by atoms with Crippen molar-refractivity contribution in [2.75, 3.05) is 33.2 Å². The Morgan fingerprint density at radius 2 is 2.13 bits per heavy atom. The van der Waals surface area contributed by atoms with Crippen molar-refractivity contribution in [1.29, 1.82) is 0 Å². The molecular weight excluding hydrogens is 308 g/mol. The second-order valence-corrected chi connectivity index (χ2v) is 6.68. The largest absolute Gasteiger partial charge is 0.335 e. The van der Waals surface area contributed by atoms with Crippen molar-refractivity contribution in [3.8, 4) is 11.8 Å². The second-order valence-electron chi connectivity index (χ2n) is 6.25. The Morgan fingerprint density at radius 3 is 2.83 bits per heavy atom. The SMILES string of the molecule is CC#CC(=O)N(C)C[C@@H]1CCCN(CCc2ccc(Cl)cc2)C1. The van der Waals surface area contributed by atoms with Crippen LogP contribution in [0.1, 0.15) is 25.3 Å². The molecule has 1 aromatic rings. The van der Waals surface area contributed by atoms with Gasteiger partial charge in [0.2, 0.25) is 0 Å². The van der Waals surface area contributed by atoms with Crippen LogP contribution in [0.5, 0.6) is 0 Å². The van der Waals surface area contributed by atoms with Crippen LogP contribution >= 0.6 is 11.6 Å². The fraction of sp³-hybridized carbons (Fsp3) is 0.526. The summed E-state index contributed by atoms with van der Waals surface area (Å²) in [5.41, 5.74) is 1.32. The maximum atomic E-state index is 11.8. The van der Waals surface area contributed by atoms with E-state index in [0.717, 1.165) is 37.6 Å². The summed E-state index contributed by atoms with van der Waals surface area (Å²) in [5.74, 6) is 5.75. The van der Waals surface area contributed by atoms with Crippen molar-refractivity contribution in [2.45, 2.75) is 26.2 Å². The van der Waals surface area contributed by atoms with Gasteiger partial charge in [-0.05, 0) is 62.3 Å². The van der Waals surface area contributed by atoms with Crippen molar-refractivity contribution < 1.29 is 4.79 Å². The maximum absolute atomic E-state index is 11.8. The molecule has 1 amide bonds. The van der Waals surface area contributed by atoms with E-state index in [-0.39, 0.29) is 5.91 Å². The Labute approximate surface area is 144 Å². The molecule has 1 fully saturated rings. The predicted octanol–water partition coefficient (Wildman–Crippen LogP) is 3.08. The molecule has 0 saturated carbocycles. The van der Waals surface area contributed by atoms with Gasteiger partial charge in [-0.15, -0.1) is 0 Å². The summed E-state index contributed by atoms with van der Waals surface area (Å²) in [6, 6.07) is 8.09. The van der Waals surface area contributed by atoms with Gasteiger partial charge in [-0.2, -0.15) is 0 Å². The summed E-state index contributed by atoms with van der Waals surface area (Å²) in [6.07, 6.45) is 3.43. The van der Waals surface area contributed by atoms with E-state index in [2.05, 4.69) is 28.9 Å². The number of amides is 1. The first-order valence-corrected chi connectivity index (χ1v) is 8.61. The van der Waals surface area contributed by atoms with E-state index in [1.165, 1.54) is 18.4 Å². The van der Waals surface area contributed by atoms with Crippen LogP contribution in [0.15, 0.2) is 24.3 Å². The molecule has 23 heavy (non-hydrogen) atoms. The van der Waals surface area contributed by atoms with Crippen LogP contribution in [0.25, 0.3) is 0 Å². The maximum Gasteiger partial charge on any atom is 0.298 e. The van der Waals surface area contributed by atoms with Crippen molar-refractivity contribution in [3.05, 3.63) is 34.9 Å². The molecule has 1 atom stereocenters. The summed E-state index contributed by atoms with van der Waals surface area (Å²) < 4.78 is 0. The van der Waals surface area contributed by atoms with Gasteiger partial charge >= 0.3 is 0 Å². The number of rotatable bonds is 5. The number of carbonyl (C=O) groups is 1. The highest BCUT2D eigenvalue weighted by Crippen LogP contribution is 2.18. The van der Waals surface area contributed by atoms with Crippen LogP contribution in [0.3, 0.4) is 0 Å². The zero-order valence-electron chi connectivity index (χ0n) is 14.0. The number of likely N-dealkylation sites (tertiary alicyclic amines) is 1. The molecule has 0 unspecified atom stereocenters. The molecule has 4 heteroatoms. The van der Waals surface area contributed by atoms with Gasteiger partial charge in [-0.3, -0.25) is 4.79 Å². The standard InChI is InChI=1S/C19H25ClN2O/c1-3-5-19(23)21(2)14-17-6-4-12-22(15-17)13-11-16-7-9-18(20)10-8-16/h7-10,17H,4,6,11-15H2,1-2H3/t17-/m0/s1. The Bertz CT molecular complexity index is 573. The third-order valence-corrected chi connectivity index (χ3v) is 4.60. The van der Waals surface area contributed by atoms with Crippen molar-refractivity contribution in [1.82, 2.24) is 9.80 Å². The van der Waals surface area contributed by atoms with Gasteiger partial charge in [0.1, 0.15) is 0 Å². The van der Waals surface area contributed by atoms with Crippen molar-refractivity contribution in [3.63, 3.8) is 0 Å². The van der Waals surface area contributed by atoms with Crippen LogP contribution in [-0.2, 0) is 11.2 Å². The minimum absolute atomic E-state index is 0.0780. The molecule has 0 N–H and O–H groups in total. The molecule has 0 aromatic heterocycles. The van der Waals surface area contributed by atoms with Crippen LogP contribution < -0.4 is 0 Å². The second kappa shape index (κ2) is 8.96. The zero-order chi connectivity index (χ0) is 16.7. The van der Waals surface area contributed by atoms with Gasteiger partial charge in [0.05, 0.1) is 0 Å². The number of hydrogen-bond acceptors (Lipinski definition) is 2. The summed E-state index contributed by atoms with van der Waals surface area (Å²) >= 11 is 5.92. The van der Waals surface area contributed by atoms with Crippen LogP contribution in [0, 0.1) is 17.8 Å².